The zero-order valence-corrected chi connectivity index (χ0v) is 13.2. The summed E-state index contributed by atoms with van der Waals surface area (Å²) in [5, 5.41) is 3.85. The van der Waals surface area contributed by atoms with Crippen LogP contribution < -0.4 is 5.32 Å². The number of hydrogen-bond donors (Lipinski definition) is 1. The van der Waals surface area contributed by atoms with Gasteiger partial charge in [0.25, 0.3) is 0 Å². The van der Waals surface area contributed by atoms with Crippen molar-refractivity contribution in [2.75, 3.05) is 19.6 Å². The molecule has 0 aliphatic carbocycles. The molecule has 1 heterocycles. The quantitative estimate of drug-likeness (QED) is 0.905. The highest BCUT2D eigenvalue weighted by atomic mass is 35.5. The highest BCUT2D eigenvalue weighted by molar-refractivity contribution is 6.30. The molecule has 2 rings (SSSR count). The maximum Gasteiger partial charge on any atom is 0.224 e. The van der Waals surface area contributed by atoms with Crippen molar-refractivity contribution < 1.29 is 4.79 Å². The molecule has 0 saturated carbocycles. The Hall–Kier alpha value is -1.06. The Morgan fingerprint density at radius 2 is 1.95 bits per heavy atom. The summed E-state index contributed by atoms with van der Waals surface area (Å²) < 4.78 is 0. The first-order chi connectivity index (χ1) is 9.38. The van der Waals surface area contributed by atoms with E-state index in [-0.39, 0.29) is 17.4 Å². The third-order valence-electron chi connectivity index (χ3n) is 3.93. The molecule has 0 radical (unpaired) electrons. The molecule has 1 aliphatic rings. The second-order valence-corrected chi connectivity index (χ2v) is 6.61. The van der Waals surface area contributed by atoms with Crippen LogP contribution >= 0.6 is 11.6 Å². The van der Waals surface area contributed by atoms with Crippen molar-refractivity contribution in [3.05, 3.63) is 34.9 Å². The van der Waals surface area contributed by atoms with Gasteiger partial charge in [0.15, 0.2) is 0 Å². The van der Waals surface area contributed by atoms with Gasteiger partial charge in [-0.05, 0) is 51.1 Å². The van der Waals surface area contributed by atoms with Gasteiger partial charge >= 0.3 is 0 Å². The molecule has 0 bridgehead atoms. The molecule has 1 amide bonds. The van der Waals surface area contributed by atoms with Gasteiger partial charge in [0.2, 0.25) is 5.91 Å². The number of rotatable bonds is 5. The summed E-state index contributed by atoms with van der Waals surface area (Å²) in [6.45, 7) is 9.12. The SMILES string of the molecule is C[C@H](CN1CCC1)C(=O)NC(C)(C)c1ccc(Cl)cc1. The molecule has 3 nitrogen and oxygen atoms in total. The van der Waals surface area contributed by atoms with Gasteiger partial charge in [0, 0.05) is 17.5 Å². The van der Waals surface area contributed by atoms with Crippen LogP contribution in [0.5, 0.6) is 0 Å². The smallest absolute Gasteiger partial charge is 0.224 e. The number of benzene rings is 1. The molecule has 1 aromatic carbocycles. The summed E-state index contributed by atoms with van der Waals surface area (Å²) in [6, 6.07) is 7.63. The van der Waals surface area contributed by atoms with Gasteiger partial charge in [0.1, 0.15) is 0 Å². The fourth-order valence-corrected chi connectivity index (χ4v) is 2.53. The van der Waals surface area contributed by atoms with Crippen LogP contribution in [0.25, 0.3) is 0 Å². The van der Waals surface area contributed by atoms with Crippen LogP contribution in [0.4, 0.5) is 0 Å². The van der Waals surface area contributed by atoms with E-state index in [9.17, 15) is 4.79 Å². The molecule has 1 aromatic rings. The minimum absolute atomic E-state index is 0.0156. The normalized spacial score (nSPS) is 17.4. The maximum absolute atomic E-state index is 12.3. The highest BCUT2D eigenvalue weighted by Crippen LogP contribution is 2.22. The lowest BCUT2D eigenvalue weighted by molar-refractivity contribution is -0.127. The Kier molecular flexibility index (Phi) is 4.71. The molecule has 1 atom stereocenters. The number of halogens is 1. The average Bonchev–Trinajstić information content (AvgIpc) is 2.33. The molecule has 4 heteroatoms. The number of nitrogens with one attached hydrogen (secondary N) is 1. The standard InChI is InChI=1S/C16H23ClN2O/c1-12(11-19-9-4-10-19)15(20)18-16(2,3)13-5-7-14(17)8-6-13/h5-8,12H,4,9-11H2,1-3H3,(H,18,20)/t12-/m1/s1. The molecule has 1 N–H and O–H groups in total. The Morgan fingerprint density at radius 1 is 1.35 bits per heavy atom. The van der Waals surface area contributed by atoms with Gasteiger partial charge in [-0.2, -0.15) is 0 Å². The molecule has 110 valence electrons. The van der Waals surface area contributed by atoms with E-state index < -0.39 is 0 Å². The van der Waals surface area contributed by atoms with Crippen LogP contribution in [0.15, 0.2) is 24.3 Å². The molecule has 0 unspecified atom stereocenters. The van der Waals surface area contributed by atoms with Crippen molar-refractivity contribution in [2.45, 2.75) is 32.7 Å². The maximum atomic E-state index is 12.3. The van der Waals surface area contributed by atoms with Crippen LogP contribution in [0, 0.1) is 5.92 Å². The van der Waals surface area contributed by atoms with E-state index in [1.54, 1.807) is 0 Å². The van der Waals surface area contributed by atoms with Crippen molar-refractivity contribution in [3.63, 3.8) is 0 Å². The molecule has 1 fully saturated rings. The third kappa shape index (κ3) is 3.74. The summed E-state index contributed by atoms with van der Waals surface area (Å²) in [6.07, 6.45) is 1.25. The number of carbonyl (C=O) groups is 1. The van der Waals surface area contributed by atoms with Crippen LogP contribution in [-0.4, -0.2) is 30.4 Å². The zero-order chi connectivity index (χ0) is 14.8. The Morgan fingerprint density at radius 3 is 2.45 bits per heavy atom. The number of hydrogen-bond acceptors (Lipinski definition) is 2. The molecule has 1 saturated heterocycles. The molecular formula is C16H23ClN2O. The fraction of sp³-hybridized carbons (Fsp3) is 0.562. The van der Waals surface area contributed by atoms with Gasteiger partial charge in [-0.25, -0.2) is 0 Å². The molecule has 1 aliphatic heterocycles. The highest BCUT2D eigenvalue weighted by Gasteiger charge is 2.27. The van der Waals surface area contributed by atoms with Gasteiger partial charge < -0.3 is 10.2 Å². The van der Waals surface area contributed by atoms with Crippen molar-refractivity contribution in [1.82, 2.24) is 10.2 Å². The predicted octanol–water partition coefficient (Wildman–Crippen LogP) is 3.03. The second-order valence-electron chi connectivity index (χ2n) is 6.18. The lowest BCUT2D eigenvalue weighted by atomic mass is 9.93. The van der Waals surface area contributed by atoms with Gasteiger partial charge in [-0.15, -0.1) is 0 Å². The minimum Gasteiger partial charge on any atom is -0.347 e. The van der Waals surface area contributed by atoms with Crippen molar-refractivity contribution in [1.29, 1.82) is 0 Å². The fourth-order valence-electron chi connectivity index (χ4n) is 2.40. The molecule has 0 aromatic heterocycles. The Bertz CT molecular complexity index is 466. The number of likely N-dealkylation sites (tertiary alicyclic amines) is 1. The first kappa shape index (κ1) is 15.3. The van der Waals surface area contributed by atoms with Crippen molar-refractivity contribution >= 4 is 17.5 Å². The summed E-state index contributed by atoms with van der Waals surface area (Å²) >= 11 is 5.90. The third-order valence-corrected chi connectivity index (χ3v) is 4.18. The molecule has 0 spiro atoms. The lowest BCUT2D eigenvalue weighted by Crippen LogP contribution is -2.48. The monoisotopic (exact) mass is 294 g/mol. The Labute approximate surface area is 126 Å². The van der Waals surface area contributed by atoms with Crippen molar-refractivity contribution in [2.24, 2.45) is 5.92 Å². The van der Waals surface area contributed by atoms with Crippen LogP contribution in [0.3, 0.4) is 0 Å². The van der Waals surface area contributed by atoms with Crippen LogP contribution in [0.2, 0.25) is 5.02 Å². The predicted molar refractivity (Wildman–Crippen MR) is 82.8 cm³/mol. The van der Waals surface area contributed by atoms with E-state index in [1.165, 1.54) is 6.42 Å². The first-order valence-corrected chi connectivity index (χ1v) is 7.57. The van der Waals surface area contributed by atoms with Crippen molar-refractivity contribution in [3.8, 4) is 0 Å². The summed E-state index contributed by atoms with van der Waals surface area (Å²) in [7, 11) is 0. The zero-order valence-electron chi connectivity index (χ0n) is 12.4. The average molecular weight is 295 g/mol. The largest absolute Gasteiger partial charge is 0.347 e. The van der Waals surface area contributed by atoms with Crippen LogP contribution in [0.1, 0.15) is 32.8 Å². The number of amides is 1. The van der Waals surface area contributed by atoms with Gasteiger partial charge in [-0.3, -0.25) is 4.79 Å². The molecule has 20 heavy (non-hydrogen) atoms. The number of carbonyl (C=O) groups excluding carboxylic acids is 1. The van der Waals surface area contributed by atoms with E-state index in [0.29, 0.717) is 5.02 Å². The summed E-state index contributed by atoms with van der Waals surface area (Å²) in [5.41, 5.74) is 0.677. The van der Waals surface area contributed by atoms with Gasteiger partial charge in [-0.1, -0.05) is 30.7 Å². The lowest BCUT2D eigenvalue weighted by Gasteiger charge is -2.34. The molecular weight excluding hydrogens is 272 g/mol. The van der Waals surface area contributed by atoms with Crippen LogP contribution in [-0.2, 0) is 10.3 Å². The minimum atomic E-state index is -0.384. The van der Waals surface area contributed by atoms with E-state index in [0.717, 1.165) is 25.2 Å². The van der Waals surface area contributed by atoms with E-state index in [1.807, 2.05) is 45.0 Å². The van der Waals surface area contributed by atoms with Gasteiger partial charge in [0.05, 0.1) is 5.54 Å². The van der Waals surface area contributed by atoms with E-state index >= 15 is 0 Å². The topological polar surface area (TPSA) is 32.3 Å². The first-order valence-electron chi connectivity index (χ1n) is 7.19. The summed E-state index contributed by atoms with van der Waals surface area (Å²) in [4.78, 5) is 14.6. The second kappa shape index (κ2) is 6.15. The van der Waals surface area contributed by atoms with E-state index in [2.05, 4.69) is 10.2 Å². The summed E-state index contributed by atoms with van der Waals surface area (Å²) in [5.74, 6) is 0.124. The Balaban J connectivity index is 1.95. The number of nitrogens with zero attached hydrogens (tertiary/aromatic N) is 1. The van der Waals surface area contributed by atoms with E-state index in [4.69, 9.17) is 11.6 Å².